The quantitative estimate of drug-likeness (QED) is 0.0870. The molecule has 0 saturated heterocycles. The SMILES string of the molecule is C=CC(=O)OCCCCCC(C)C(CCCCCOC(=O)C=C)C(O)CCCCCOC(=O)C=C. The van der Waals surface area contributed by atoms with Crippen LogP contribution in [0.4, 0.5) is 0 Å². The molecule has 0 aromatic carbocycles. The molecule has 3 atom stereocenters. The van der Waals surface area contributed by atoms with Crippen molar-refractivity contribution < 1.29 is 33.7 Å². The lowest BCUT2D eigenvalue weighted by atomic mass is 9.80. The van der Waals surface area contributed by atoms with Gasteiger partial charge in [0.1, 0.15) is 0 Å². The van der Waals surface area contributed by atoms with Gasteiger partial charge in [-0.25, -0.2) is 14.4 Å². The van der Waals surface area contributed by atoms with E-state index in [2.05, 4.69) is 26.7 Å². The van der Waals surface area contributed by atoms with Gasteiger partial charge in [-0.05, 0) is 50.4 Å². The Morgan fingerprint density at radius 1 is 0.629 bits per heavy atom. The van der Waals surface area contributed by atoms with E-state index in [1.807, 2.05) is 0 Å². The van der Waals surface area contributed by atoms with Crippen LogP contribution in [0.25, 0.3) is 0 Å². The summed E-state index contributed by atoms with van der Waals surface area (Å²) in [4.78, 5) is 33.3. The summed E-state index contributed by atoms with van der Waals surface area (Å²) in [7, 11) is 0. The Kier molecular flexibility index (Phi) is 20.6. The van der Waals surface area contributed by atoms with Crippen molar-refractivity contribution in [3.8, 4) is 0 Å². The minimum absolute atomic E-state index is 0.197. The predicted octanol–water partition coefficient (Wildman–Crippen LogP) is 5.47. The highest BCUT2D eigenvalue weighted by Gasteiger charge is 2.24. The van der Waals surface area contributed by atoms with Gasteiger partial charge in [0.15, 0.2) is 0 Å². The molecule has 1 N–H and O–H groups in total. The van der Waals surface area contributed by atoms with Gasteiger partial charge in [-0.2, -0.15) is 0 Å². The lowest BCUT2D eigenvalue weighted by molar-refractivity contribution is -0.138. The van der Waals surface area contributed by atoms with E-state index < -0.39 is 11.9 Å². The molecular formula is C28H46O7. The lowest BCUT2D eigenvalue weighted by Gasteiger charge is -2.29. The highest BCUT2D eigenvalue weighted by Crippen LogP contribution is 2.29. The van der Waals surface area contributed by atoms with Crippen molar-refractivity contribution in [1.29, 1.82) is 0 Å². The van der Waals surface area contributed by atoms with Crippen LogP contribution < -0.4 is 0 Å². The average Bonchev–Trinajstić information content (AvgIpc) is 2.86. The monoisotopic (exact) mass is 494 g/mol. The third kappa shape index (κ3) is 18.6. The summed E-state index contributed by atoms with van der Waals surface area (Å²) in [5.74, 6) is -0.627. The summed E-state index contributed by atoms with van der Waals surface area (Å²) in [5, 5.41) is 11.0. The highest BCUT2D eigenvalue weighted by molar-refractivity contribution is 5.81. The van der Waals surface area contributed by atoms with Crippen molar-refractivity contribution in [1.82, 2.24) is 0 Å². The summed E-state index contributed by atoms with van der Waals surface area (Å²) in [6.07, 6.45) is 13.8. The molecule has 35 heavy (non-hydrogen) atoms. The number of esters is 3. The second kappa shape index (κ2) is 22.1. The first-order valence-corrected chi connectivity index (χ1v) is 12.9. The van der Waals surface area contributed by atoms with Crippen LogP contribution in [0.1, 0.15) is 84.0 Å². The van der Waals surface area contributed by atoms with E-state index in [0.717, 1.165) is 83.1 Å². The van der Waals surface area contributed by atoms with Crippen molar-refractivity contribution in [2.75, 3.05) is 19.8 Å². The molecule has 0 amide bonds. The molecular weight excluding hydrogens is 448 g/mol. The minimum atomic E-state index is -0.406. The second-order valence-corrected chi connectivity index (χ2v) is 8.87. The zero-order valence-corrected chi connectivity index (χ0v) is 21.6. The van der Waals surface area contributed by atoms with Crippen LogP contribution in [0.3, 0.4) is 0 Å². The van der Waals surface area contributed by atoms with Crippen LogP contribution >= 0.6 is 0 Å². The molecule has 0 aliphatic carbocycles. The van der Waals surface area contributed by atoms with Crippen molar-refractivity contribution in [3.05, 3.63) is 38.0 Å². The third-order valence-electron chi connectivity index (χ3n) is 6.09. The largest absolute Gasteiger partial charge is 0.463 e. The van der Waals surface area contributed by atoms with Crippen LogP contribution in [-0.4, -0.2) is 48.9 Å². The number of carbonyl (C=O) groups excluding carboxylic acids is 3. The Labute approximate surface area is 211 Å². The number of aliphatic hydroxyl groups is 1. The number of hydrogen-bond acceptors (Lipinski definition) is 7. The van der Waals surface area contributed by atoms with E-state index in [1.54, 1.807) is 0 Å². The maximum absolute atomic E-state index is 11.1. The highest BCUT2D eigenvalue weighted by atomic mass is 16.5. The maximum Gasteiger partial charge on any atom is 0.330 e. The van der Waals surface area contributed by atoms with E-state index in [0.29, 0.717) is 25.7 Å². The Morgan fingerprint density at radius 2 is 1.00 bits per heavy atom. The van der Waals surface area contributed by atoms with Gasteiger partial charge in [0.25, 0.3) is 0 Å². The number of aliphatic hydroxyl groups excluding tert-OH is 1. The molecule has 0 aliphatic heterocycles. The van der Waals surface area contributed by atoms with Gasteiger partial charge in [0.2, 0.25) is 0 Å². The van der Waals surface area contributed by atoms with Gasteiger partial charge in [0, 0.05) is 18.2 Å². The molecule has 3 unspecified atom stereocenters. The summed E-state index contributed by atoms with van der Waals surface area (Å²) in [6, 6.07) is 0. The lowest BCUT2D eigenvalue weighted by Crippen LogP contribution is -2.27. The molecule has 7 heteroatoms. The van der Waals surface area contributed by atoms with Crippen molar-refractivity contribution in [3.63, 3.8) is 0 Å². The summed E-state index contributed by atoms with van der Waals surface area (Å²) in [6.45, 7) is 13.5. The fraction of sp³-hybridized carbons (Fsp3) is 0.679. The normalized spacial score (nSPS) is 13.2. The summed E-state index contributed by atoms with van der Waals surface area (Å²) >= 11 is 0. The molecule has 200 valence electrons. The maximum atomic E-state index is 11.1. The molecule has 7 nitrogen and oxygen atoms in total. The summed E-state index contributed by atoms with van der Waals surface area (Å²) < 4.78 is 15.0. The second-order valence-electron chi connectivity index (χ2n) is 8.87. The van der Waals surface area contributed by atoms with Crippen molar-refractivity contribution in [2.24, 2.45) is 11.8 Å². The molecule has 0 spiro atoms. The number of unbranched alkanes of at least 4 members (excludes halogenated alkanes) is 6. The molecule has 0 rings (SSSR count). The molecule has 0 bridgehead atoms. The first-order valence-electron chi connectivity index (χ1n) is 12.9. The van der Waals surface area contributed by atoms with E-state index in [1.165, 1.54) is 12.2 Å². The van der Waals surface area contributed by atoms with Gasteiger partial charge in [-0.1, -0.05) is 65.2 Å². The fourth-order valence-corrected chi connectivity index (χ4v) is 4.02. The van der Waals surface area contributed by atoms with Gasteiger partial charge in [0.05, 0.1) is 25.9 Å². The van der Waals surface area contributed by atoms with E-state index >= 15 is 0 Å². The molecule has 0 heterocycles. The smallest absolute Gasteiger partial charge is 0.330 e. The number of rotatable bonds is 23. The van der Waals surface area contributed by atoms with Gasteiger partial charge >= 0.3 is 17.9 Å². The number of hydrogen-bond donors (Lipinski definition) is 1. The van der Waals surface area contributed by atoms with Crippen LogP contribution in [0.5, 0.6) is 0 Å². The predicted molar refractivity (Wildman–Crippen MR) is 138 cm³/mol. The minimum Gasteiger partial charge on any atom is -0.463 e. The third-order valence-corrected chi connectivity index (χ3v) is 6.09. The Balaban J connectivity index is 4.43. The number of ether oxygens (including phenoxy) is 3. The Morgan fingerprint density at radius 3 is 1.40 bits per heavy atom. The zero-order chi connectivity index (χ0) is 26.3. The van der Waals surface area contributed by atoms with Crippen LogP contribution in [0.15, 0.2) is 38.0 Å². The molecule has 0 fully saturated rings. The first-order chi connectivity index (χ1) is 16.8. The van der Waals surface area contributed by atoms with Crippen LogP contribution in [0, 0.1) is 11.8 Å². The fourth-order valence-electron chi connectivity index (χ4n) is 4.02. The zero-order valence-electron chi connectivity index (χ0n) is 21.6. The molecule has 0 aromatic heterocycles. The van der Waals surface area contributed by atoms with Gasteiger partial charge in [-0.3, -0.25) is 0 Å². The first kappa shape index (κ1) is 32.6. The Bertz CT molecular complexity index is 591. The molecule has 0 aliphatic rings. The number of carbonyl (C=O) groups is 3. The van der Waals surface area contributed by atoms with Crippen LogP contribution in [0.2, 0.25) is 0 Å². The topological polar surface area (TPSA) is 99.1 Å². The van der Waals surface area contributed by atoms with Gasteiger partial charge < -0.3 is 19.3 Å². The van der Waals surface area contributed by atoms with Crippen LogP contribution in [-0.2, 0) is 28.6 Å². The van der Waals surface area contributed by atoms with Crippen molar-refractivity contribution in [2.45, 2.75) is 90.1 Å². The average molecular weight is 495 g/mol. The van der Waals surface area contributed by atoms with E-state index in [-0.39, 0.29) is 18.0 Å². The summed E-state index contributed by atoms with van der Waals surface area (Å²) in [5.41, 5.74) is 0. The standard InChI is InChI=1S/C28H46O7/c1-5-26(30)33-20-14-8-11-17-23(4)24(18-12-9-15-21-34-27(31)6-2)25(29)19-13-10-16-22-35-28(32)7-3/h5-7,23-25,29H,1-3,8-22H2,4H3. The van der Waals surface area contributed by atoms with Crippen molar-refractivity contribution >= 4 is 17.9 Å². The molecule has 0 saturated carbocycles. The molecule has 0 radical (unpaired) electrons. The van der Waals surface area contributed by atoms with E-state index in [9.17, 15) is 19.5 Å². The Hall–Kier alpha value is -2.41. The van der Waals surface area contributed by atoms with E-state index in [4.69, 9.17) is 14.2 Å². The van der Waals surface area contributed by atoms with Gasteiger partial charge in [-0.15, -0.1) is 0 Å². The molecule has 0 aromatic rings.